The third kappa shape index (κ3) is 4.07. The summed E-state index contributed by atoms with van der Waals surface area (Å²) in [5.74, 6) is 0. The lowest BCUT2D eigenvalue weighted by Gasteiger charge is -2.35. The summed E-state index contributed by atoms with van der Waals surface area (Å²) >= 11 is 6.75. The lowest BCUT2D eigenvalue weighted by molar-refractivity contribution is 0.178. The average molecular weight is 440 g/mol. The van der Waals surface area contributed by atoms with Crippen LogP contribution in [0.25, 0.3) is 0 Å². The van der Waals surface area contributed by atoms with Gasteiger partial charge in [-0.25, -0.2) is 13.1 Å². The number of sulfonamides is 1. The van der Waals surface area contributed by atoms with Crippen molar-refractivity contribution in [3.8, 4) is 0 Å². The van der Waals surface area contributed by atoms with E-state index in [4.69, 9.17) is 0 Å². The molecular formula is C14H20Br2N2O2S. The second kappa shape index (κ2) is 6.66. The van der Waals surface area contributed by atoms with E-state index < -0.39 is 10.0 Å². The quantitative estimate of drug-likeness (QED) is 0.786. The molecule has 1 N–H and O–H groups in total. The van der Waals surface area contributed by atoms with Crippen LogP contribution in [0.3, 0.4) is 0 Å². The van der Waals surface area contributed by atoms with Gasteiger partial charge in [-0.05, 0) is 73.9 Å². The fraction of sp³-hybridized carbons (Fsp3) is 0.571. The molecule has 0 saturated carbocycles. The largest absolute Gasteiger partial charge is 0.304 e. The Kier molecular flexibility index (Phi) is 5.52. The Balaban J connectivity index is 2.21. The molecule has 0 aliphatic carbocycles. The zero-order valence-electron chi connectivity index (χ0n) is 12.4. The number of hydrogen-bond donors (Lipinski definition) is 1. The van der Waals surface area contributed by atoms with Gasteiger partial charge in [0.25, 0.3) is 0 Å². The molecule has 0 radical (unpaired) electrons. The molecule has 1 saturated heterocycles. The summed E-state index contributed by atoms with van der Waals surface area (Å²) in [6.45, 7) is 4.96. The van der Waals surface area contributed by atoms with Gasteiger partial charge in [-0.15, -0.1) is 0 Å². The van der Waals surface area contributed by atoms with Gasteiger partial charge in [-0.1, -0.05) is 15.9 Å². The summed E-state index contributed by atoms with van der Waals surface area (Å²) in [5.41, 5.74) is 0.994. The Labute approximate surface area is 143 Å². The van der Waals surface area contributed by atoms with Crippen LogP contribution in [0, 0.1) is 6.92 Å². The van der Waals surface area contributed by atoms with Gasteiger partial charge in [-0.2, -0.15) is 0 Å². The Morgan fingerprint density at radius 2 is 1.95 bits per heavy atom. The van der Waals surface area contributed by atoms with Crippen LogP contribution >= 0.6 is 31.9 Å². The molecule has 21 heavy (non-hydrogen) atoms. The lowest BCUT2D eigenvalue weighted by Crippen LogP contribution is -2.47. The first kappa shape index (κ1) is 17.4. The molecule has 118 valence electrons. The number of rotatable bonds is 3. The van der Waals surface area contributed by atoms with Gasteiger partial charge in [0.05, 0.1) is 4.90 Å². The van der Waals surface area contributed by atoms with Gasteiger partial charge in [-0.3, -0.25) is 0 Å². The van der Waals surface area contributed by atoms with E-state index in [0.29, 0.717) is 10.5 Å². The zero-order valence-corrected chi connectivity index (χ0v) is 16.3. The minimum absolute atomic E-state index is 0.00632. The molecule has 4 nitrogen and oxygen atoms in total. The Morgan fingerprint density at radius 1 is 1.29 bits per heavy atom. The molecule has 2 atom stereocenters. The van der Waals surface area contributed by atoms with Crippen LogP contribution in [0.5, 0.6) is 0 Å². The van der Waals surface area contributed by atoms with Gasteiger partial charge < -0.3 is 4.90 Å². The molecule has 7 heteroatoms. The summed E-state index contributed by atoms with van der Waals surface area (Å²) in [5, 5.41) is 0. The molecule has 2 rings (SSSR count). The van der Waals surface area contributed by atoms with Crippen molar-refractivity contribution < 1.29 is 8.42 Å². The van der Waals surface area contributed by atoms with E-state index in [9.17, 15) is 8.42 Å². The predicted molar refractivity (Wildman–Crippen MR) is 92.0 cm³/mol. The first-order valence-electron chi connectivity index (χ1n) is 6.89. The maximum atomic E-state index is 12.6. The molecular weight excluding hydrogens is 420 g/mol. The maximum Gasteiger partial charge on any atom is 0.241 e. The first-order valence-corrected chi connectivity index (χ1v) is 9.96. The Morgan fingerprint density at radius 3 is 2.57 bits per heavy atom. The number of halogens is 2. The number of piperidine rings is 1. The molecule has 2 unspecified atom stereocenters. The first-order chi connectivity index (χ1) is 9.70. The van der Waals surface area contributed by atoms with E-state index in [0.717, 1.165) is 29.4 Å². The van der Waals surface area contributed by atoms with Gasteiger partial charge >= 0.3 is 0 Å². The van der Waals surface area contributed by atoms with Gasteiger partial charge in [0.1, 0.15) is 0 Å². The van der Waals surface area contributed by atoms with Crippen molar-refractivity contribution in [1.82, 2.24) is 9.62 Å². The molecule has 0 spiro atoms. The molecule has 1 aromatic carbocycles. The van der Waals surface area contributed by atoms with Crippen LogP contribution in [-0.4, -0.2) is 39.0 Å². The minimum Gasteiger partial charge on any atom is -0.304 e. The van der Waals surface area contributed by atoms with E-state index in [1.54, 1.807) is 6.07 Å². The maximum absolute atomic E-state index is 12.6. The monoisotopic (exact) mass is 438 g/mol. The molecule has 1 aliphatic heterocycles. The van der Waals surface area contributed by atoms with Crippen LogP contribution < -0.4 is 4.72 Å². The predicted octanol–water partition coefficient (Wildman–Crippen LogP) is 3.28. The van der Waals surface area contributed by atoms with Crippen LogP contribution in [0.15, 0.2) is 26.0 Å². The van der Waals surface area contributed by atoms with Crippen LogP contribution in [0.4, 0.5) is 0 Å². The normalized spacial score (nSPS) is 24.2. The number of likely N-dealkylation sites (tertiary alicyclic amines) is 1. The van der Waals surface area contributed by atoms with Crippen molar-refractivity contribution in [3.05, 3.63) is 26.6 Å². The highest BCUT2D eigenvalue weighted by Gasteiger charge is 2.28. The van der Waals surface area contributed by atoms with Gasteiger partial charge in [0.2, 0.25) is 10.0 Å². The summed E-state index contributed by atoms with van der Waals surface area (Å²) in [7, 11) is -1.44. The number of aryl methyl sites for hydroxylation is 1. The number of nitrogens with one attached hydrogen (secondary N) is 1. The highest BCUT2D eigenvalue weighted by molar-refractivity contribution is 9.11. The molecule has 0 amide bonds. The molecule has 1 aromatic rings. The summed E-state index contributed by atoms with van der Waals surface area (Å²) in [6, 6.07) is 3.85. The zero-order chi connectivity index (χ0) is 15.8. The molecule has 1 aliphatic rings. The van der Waals surface area contributed by atoms with Crippen molar-refractivity contribution in [1.29, 1.82) is 0 Å². The third-order valence-electron chi connectivity index (χ3n) is 4.03. The van der Waals surface area contributed by atoms with Crippen LogP contribution in [0.2, 0.25) is 0 Å². The molecule has 1 heterocycles. The minimum atomic E-state index is -3.52. The molecule has 0 bridgehead atoms. The van der Waals surface area contributed by atoms with Crippen molar-refractivity contribution >= 4 is 41.9 Å². The standard InChI is InChI=1S/C14H20Br2N2O2S/c1-9-6-13(16)14(8-12(9)15)21(19,20)17-11-4-5-18(3)10(2)7-11/h6,8,10-11,17H,4-5,7H2,1-3H3. The highest BCUT2D eigenvalue weighted by Crippen LogP contribution is 2.29. The fourth-order valence-corrected chi connectivity index (χ4v) is 5.47. The third-order valence-corrected chi connectivity index (χ3v) is 7.37. The SMILES string of the molecule is Cc1cc(Br)c(S(=O)(=O)NC2CCN(C)C(C)C2)cc1Br. The highest BCUT2D eigenvalue weighted by atomic mass is 79.9. The van der Waals surface area contributed by atoms with Gasteiger partial charge in [0, 0.05) is 21.0 Å². The summed E-state index contributed by atoms with van der Waals surface area (Å²) in [6.07, 6.45) is 1.67. The van der Waals surface area contributed by atoms with Crippen molar-refractivity contribution in [2.75, 3.05) is 13.6 Å². The Hall–Kier alpha value is 0.0500. The van der Waals surface area contributed by atoms with Crippen LogP contribution in [-0.2, 0) is 10.0 Å². The van der Waals surface area contributed by atoms with Crippen molar-refractivity contribution in [2.45, 2.75) is 43.7 Å². The number of nitrogens with zero attached hydrogens (tertiary/aromatic N) is 1. The topological polar surface area (TPSA) is 49.4 Å². The fourth-order valence-electron chi connectivity index (χ4n) is 2.51. The Bertz CT molecular complexity index is 634. The van der Waals surface area contributed by atoms with Gasteiger partial charge in [0.15, 0.2) is 0 Å². The smallest absolute Gasteiger partial charge is 0.241 e. The van der Waals surface area contributed by atoms with E-state index in [-0.39, 0.29) is 10.9 Å². The second-order valence-electron chi connectivity index (χ2n) is 5.70. The van der Waals surface area contributed by atoms with Crippen molar-refractivity contribution in [3.63, 3.8) is 0 Å². The van der Waals surface area contributed by atoms with E-state index >= 15 is 0 Å². The number of benzene rings is 1. The number of hydrogen-bond acceptors (Lipinski definition) is 3. The molecule has 0 aromatic heterocycles. The lowest BCUT2D eigenvalue weighted by atomic mass is 10.0. The van der Waals surface area contributed by atoms with E-state index in [2.05, 4.69) is 55.5 Å². The van der Waals surface area contributed by atoms with Crippen molar-refractivity contribution in [2.24, 2.45) is 0 Å². The average Bonchev–Trinajstić information content (AvgIpc) is 2.37. The van der Waals surface area contributed by atoms with E-state index in [1.807, 2.05) is 13.0 Å². The molecule has 1 fully saturated rings. The summed E-state index contributed by atoms with van der Waals surface area (Å²) < 4.78 is 29.4. The van der Waals surface area contributed by atoms with E-state index in [1.165, 1.54) is 0 Å². The van der Waals surface area contributed by atoms with Crippen LogP contribution in [0.1, 0.15) is 25.3 Å². The summed E-state index contributed by atoms with van der Waals surface area (Å²) in [4.78, 5) is 2.54. The second-order valence-corrected chi connectivity index (χ2v) is 9.10.